The molecule has 0 rings (SSSR count). The van der Waals surface area contributed by atoms with Crippen LogP contribution >= 0.6 is 0 Å². The van der Waals surface area contributed by atoms with Crippen molar-refractivity contribution in [2.75, 3.05) is 13.2 Å². The van der Waals surface area contributed by atoms with E-state index in [2.05, 4.69) is 9.47 Å². The summed E-state index contributed by atoms with van der Waals surface area (Å²) in [4.78, 5) is 41.0. The van der Waals surface area contributed by atoms with Crippen molar-refractivity contribution in [1.82, 2.24) is 0 Å². The van der Waals surface area contributed by atoms with E-state index >= 15 is 0 Å². The fourth-order valence-electron chi connectivity index (χ4n) is 0.866. The summed E-state index contributed by atoms with van der Waals surface area (Å²) in [6.07, 6.45) is 2.95. The Kier molecular flexibility index (Phi) is 19.2. The summed E-state index contributed by atoms with van der Waals surface area (Å²) in [5, 5.41) is 19.7. The van der Waals surface area contributed by atoms with Crippen molar-refractivity contribution in [1.29, 1.82) is 0 Å². The zero-order valence-corrected chi connectivity index (χ0v) is 18.9. The molecule has 0 saturated carbocycles. The van der Waals surface area contributed by atoms with Gasteiger partial charge in [-0.2, -0.15) is 0 Å². The molecular formula is C16H22CdO8. The Labute approximate surface area is 167 Å². The van der Waals surface area contributed by atoms with Crippen molar-refractivity contribution < 1.29 is 66.2 Å². The van der Waals surface area contributed by atoms with Crippen LogP contribution in [-0.4, -0.2) is 37.1 Å². The molecule has 0 bridgehead atoms. The van der Waals surface area contributed by atoms with Gasteiger partial charge in [0.25, 0.3) is 0 Å². The van der Waals surface area contributed by atoms with Crippen molar-refractivity contribution >= 4 is 23.9 Å². The smallest absolute Gasteiger partial charge is 0.545 e. The van der Waals surface area contributed by atoms with Gasteiger partial charge < -0.3 is 29.3 Å². The third-order valence-electron chi connectivity index (χ3n) is 1.83. The summed E-state index contributed by atoms with van der Waals surface area (Å²) in [5.41, 5.74) is 0. The number of carbonyl (C=O) groups excluding carboxylic acids is 4. The van der Waals surface area contributed by atoms with E-state index in [1.165, 1.54) is 0 Å². The van der Waals surface area contributed by atoms with Crippen LogP contribution in [0.5, 0.6) is 0 Å². The van der Waals surface area contributed by atoms with Crippen LogP contribution in [0.2, 0.25) is 0 Å². The van der Waals surface area contributed by atoms with E-state index in [1.807, 2.05) is 27.7 Å². The summed E-state index contributed by atoms with van der Waals surface area (Å²) >= 11 is 0. The topological polar surface area (TPSA) is 133 Å². The molecule has 0 aromatic rings. The first-order valence-electron chi connectivity index (χ1n) is 7.16. The fourth-order valence-corrected chi connectivity index (χ4v) is 0.866. The van der Waals surface area contributed by atoms with E-state index in [0.717, 1.165) is 12.2 Å². The molecule has 0 unspecified atom stereocenters. The molecule has 0 heterocycles. The Morgan fingerprint density at radius 3 is 1.20 bits per heavy atom. The van der Waals surface area contributed by atoms with Gasteiger partial charge in [0.05, 0.1) is 25.2 Å². The first kappa shape index (κ1) is 28.1. The number of aliphatic carboxylic acids is 2. The van der Waals surface area contributed by atoms with Gasteiger partial charge in [0.15, 0.2) is 0 Å². The van der Waals surface area contributed by atoms with Crippen molar-refractivity contribution in [3.8, 4) is 0 Å². The summed E-state index contributed by atoms with van der Waals surface area (Å²) in [6, 6.07) is 0. The van der Waals surface area contributed by atoms with Gasteiger partial charge in [0.2, 0.25) is 0 Å². The normalized spacial score (nSPS) is 10.2. The fraction of sp³-hybridized carbons (Fsp3) is 0.500. The van der Waals surface area contributed by atoms with Crippen molar-refractivity contribution in [3.63, 3.8) is 0 Å². The number of ether oxygens (including phenoxy) is 2. The molecule has 0 saturated heterocycles. The van der Waals surface area contributed by atoms with Crippen LogP contribution in [0.3, 0.4) is 0 Å². The Morgan fingerprint density at radius 2 is 1.00 bits per heavy atom. The van der Waals surface area contributed by atoms with E-state index in [9.17, 15) is 29.4 Å². The summed E-state index contributed by atoms with van der Waals surface area (Å²) in [7, 11) is 0. The zero-order valence-electron chi connectivity index (χ0n) is 14.9. The molecule has 0 aliphatic rings. The van der Waals surface area contributed by atoms with Crippen LogP contribution in [0.15, 0.2) is 24.3 Å². The van der Waals surface area contributed by atoms with Crippen LogP contribution in [-0.2, 0) is 56.0 Å². The second-order valence-electron chi connectivity index (χ2n) is 5.35. The monoisotopic (exact) mass is 456 g/mol. The number of carboxylic acid groups (broad SMARTS) is 2. The van der Waals surface area contributed by atoms with Crippen LogP contribution in [0.1, 0.15) is 27.7 Å². The van der Waals surface area contributed by atoms with Crippen LogP contribution in [0, 0.1) is 11.8 Å². The van der Waals surface area contributed by atoms with E-state index in [4.69, 9.17) is 0 Å². The van der Waals surface area contributed by atoms with Gasteiger partial charge in [-0.15, -0.1) is 0 Å². The Balaban J connectivity index is -0.000000372. The number of carbonyl (C=O) groups is 4. The van der Waals surface area contributed by atoms with Gasteiger partial charge in [-0.3, -0.25) is 0 Å². The van der Waals surface area contributed by atoms with E-state index < -0.39 is 23.9 Å². The van der Waals surface area contributed by atoms with Crippen LogP contribution in [0.4, 0.5) is 0 Å². The minimum atomic E-state index is -1.41. The van der Waals surface area contributed by atoms with E-state index in [1.54, 1.807) is 0 Å². The Bertz CT molecular complexity index is 437. The first-order chi connectivity index (χ1) is 11.0. The molecule has 0 aliphatic heterocycles. The van der Waals surface area contributed by atoms with Crippen LogP contribution in [0.25, 0.3) is 0 Å². The molecule has 0 amide bonds. The van der Waals surface area contributed by atoms with Gasteiger partial charge >= 0.3 is 39.2 Å². The Hall–Kier alpha value is -1.72. The molecule has 0 aliphatic carbocycles. The standard InChI is InChI=1S/2C8H12O4.Cd/c2*1-6(2)5-12-8(11)4-3-7(9)10;/h2*3-4,6H,5H2,1-2H3,(H,9,10);/q;;+2/p-2/b4-3+;4-3-;. The molecule has 0 radical (unpaired) electrons. The Morgan fingerprint density at radius 1 is 0.720 bits per heavy atom. The number of hydrogen-bond donors (Lipinski definition) is 0. The molecule has 136 valence electrons. The molecule has 0 spiro atoms. The van der Waals surface area contributed by atoms with E-state index in [0.29, 0.717) is 12.2 Å². The number of carboxylic acids is 2. The summed E-state index contributed by atoms with van der Waals surface area (Å²) in [5.74, 6) is -3.65. The third-order valence-corrected chi connectivity index (χ3v) is 1.83. The van der Waals surface area contributed by atoms with Crippen molar-refractivity contribution in [3.05, 3.63) is 24.3 Å². The number of rotatable bonds is 8. The van der Waals surface area contributed by atoms with E-state index in [-0.39, 0.29) is 52.3 Å². The quantitative estimate of drug-likeness (QED) is 0.258. The molecule has 0 aromatic carbocycles. The largest absolute Gasteiger partial charge is 2.00 e. The predicted octanol–water partition coefficient (Wildman–Crippen LogP) is -1.02. The van der Waals surface area contributed by atoms with Crippen molar-refractivity contribution in [2.45, 2.75) is 27.7 Å². The van der Waals surface area contributed by atoms with Crippen molar-refractivity contribution in [2.24, 2.45) is 11.8 Å². The van der Waals surface area contributed by atoms with Gasteiger partial charge in [-0.1, -0.05) is 27.7 Å². The average molecular weight is 455 g/mol. The van der Waals surface area contributed by atoms with Crippen LogP contribution < -0.4 is 10.2 Å². The van der Waals surface area contributed by atoms with Gasteiger partial charge in [-0.25, -0.2) is 9.59 Å². The second kappa shape index (κ2) is 17.1. The SMILES string of the molecule is CC(C)COC(=O)/C=C/C(=O)[O-].CC(C)COC(=O)/C=C\C(=O)[O-].[Cd+2]. The molecule has 0 atom stereocenters. The molecule has 0 fully saturated rings. The number of hydrogen-bond acceptors (Lipinski definition) is 8. The number of esters is 2. The van der Waals surface area contributed by atoms with Gasteiger partial charge in [-0.05, 0) is 24.0 Å². The third kappa shape index (κ3) is 27.4. The molecule has 0 N–H and O–H groups in total. The molecule has 0 aromatic heterocycles. The first-order valence-corrected chi connectivity index (χ1v) is 7.16. The predicted molar refractivity (Wildman–Crippen MR) is 79.9 cm³/mol. The maximum absolute atomic E-state index is 10.7. The minimum Gasteiger partial charge on any atom is -0.545 e. The molecule has 8 nitrogen and oxygen atoms in total. The maximum atomic E-state index is 10.7. The molecule has 25 heavy (non-hydrogen) atoms. The zero-order chi connectivity index (χ0) is 19.1. The maximum Gasteiger partial charge on any atom is 2.00 e. The molecular weight excluding hydrogens is 433 g/mol. The molecule has 9 heteroatoms. The summed E-state index contributed by atoms with van der Waals surface area (Å²) < 4.78 is 9.27. The second-order valence-corrected chi connectivity index (χ2v) is 5.35. The van der Waals surface area contributed by atoms with Gasteiger partial charge in [0, 0.05) is 12.2 Å². The summed E-state index contributed by atoms with van der Waals surface area (Å²) in [6.45, 7) is 8.11. The average Bonchev–Trinajstić information content (AvgIpc) is 2.47. The van der Waals surface area contributed by atoms with Gasteiger partial charge in [0.1, 0.15) is 0 Å². The minimum absolute atomic E-state index is 0.